The number of anilines is 1. The van der Waals surface area contributed by atoms with Crippen molar-refractivity contribution in [2.24, 2.45) is 0 Å². The fraction of sp³-hybridized carbons (Fsp3) is 0.421. The molecule has 1 aliphatic carbocycles. The third-order valence-corrected chi connectivity index (χ3v) is 6.85. The maximum Gasteiger partial charge on any atom is 1.00 e. The second kappa shape index (κ2) is 16.6. The number of fused-ring (bicyclic) bond motifs is 3. The number of nitrogens with one attached hydrogen (secondary N) is 1. The van der Waals surface area contributed by atoms with E-state index in [1.54, 1.807) is 6.07 Å². The quantitative estimate of drug-likeness (QED) is 0.0396. The van der Waals surface area contributed by atoms with Crippen molar-refractivity contribution in [3.8, 4) is 0 Å². The summed E-state index contributed by atoms with van der Waals surface area (Å²) in [6.45, 7) is 0.164. The van der Waals surface area contributed by atoms with E-state index in [1.807, 2.05) is 0 Å². The first kappa shape index (κ1) is 33.7. The summed E-state index contributed by atoms with van der Waals surface area (Å²) in [5.74, 6) is -1.77. The first-order valence-corrected chi connectivity index (χ1v) is 11.5. The van der Waals surface area contributed by atoms with Crippen molar-refractivity contribution < 1.29 is 107 Å². The predicted molar refractivity (Wildman–Crippen MR) is 114 cm³/mol. The van der Waals surface area contributed by atoms with Crippen molar-refractivity contribution in [1.82, 2.24) is 5.32 Å². The molecule has 186 valence electrons. The molecule has 0 saturated heterocycles. The molecule has 0 bridgehead atoms. The number of benzene rings is 1. The van der Waals surface area contributed by atoms with Gasteiger partial charge in [-0.2, -0.15) is 8.67 Å². The molecule has 13 nitrogen and oxygen atoms in total. The van der Waals surface area contributed by atoms with Gasteiger partial charge in [-0.25, -0.2) is 4.79 Å². The van der Waals surface area contributed by atoms with Crippen LogP contribution in [-0.2, 0) is 34.8 Å². The van der Waals surface area contributed by atoms with E-state index in [-0.39, 0.29) is 102 Å². The second-order valence-corrected chi connectivity index (χ2v) is 9.03. The monoisotopic (exact) mass is 562 g/mol. The van der Waals surface area contributed by atoms with Crippen LogP contribution in [0.15, 0.2) is 26.2 Å². The minimum Gasteiger partial charge on any atom is -0.691 e. The average Bonchev–Trinajstić information content (AvgIpc) is 3.24. The van der Waals surface area contributed by atoms with E-state index >= 15 is 0 Å². The van der Waals surface area contributed by atoms with Crippen LogP contribution in [0, 0.1) is 0 Å². The minimum absolute atomic E-state index is 0. The molecule has 4 N–H and O–H groups in total. The van der Waals surface area contributed by atoms with Crippen LogP contribution in [0.1, 0.15) is 42.7 Å². The molecule has 2 atom stereocenters. The zero-order valence-electron chi connectivity index (χ0n) is 19.5. The third-order valence-electron chi connectivity index (χ3n) is 5.32. The van der Waals surface area contributed by atoms with E-state index in [0.29, 0.717) is 58.3 Å². The van der Waals surface area contributed by atoms with Gasteiger partial charge < -0.3 is 31.1 Å². The molecule has 0 fully saturated rings. The molecule has 0 aliphatic heterocycles. The Kier molecular flexibility index (Phi) is 15.5. The smallest absolute Gasteiger partial charge is 0.691 e. The van der Waals surface area contributed by atoms with Crippen molar-refractivity contribution in [2.45, 2.75) is 48.2 Å². The molecule has 1 amide bonds. The van der Waals surface area contributed by atoms with Gasteiger partial charge in [0.05, 0.1) is 22.6 Å². The Labute approximate surface area is 257 Å². The van der Waals surface area contributed by atoms with Crippen molar-refractivity contribution in [3.63, 3.8) is 0 Å². The maximum absolute atomic E-state index is 12.6. The van der Waals surface area contributed by atoms with Crippen LogP contribution in [0.5, 0.6) is 0 Å². The summed E-state index contributed by atoms with van der Waals surface area (Å²) in [6.07, 6.45) is 0.887. The van der Waals surface area contributed by atoms with Gasteiger partial charge in [0.15, 0.2) is 0 Å². The fourth-order valence-electron chi connectivity index (χ4n) is 3.94. The number of carboxylic acids is 1. The summed E-state index contributed by atoms with van der Waals surface area (Å²) in [5.41, 5.74) is 6.78. The van der Waals surface area contributed by atoms with Gasteiger partial charge in [0.25, 0.3) is 0 Å². The number of hydrogen-bond acceptors (Lipinski definition) is 13. The number of rotatable bonds is 13. The number of hydrogen-bond donors (Lipinski definition) is 3. The van der Waals surface area contributed by atoms with Crippen LogP contribution in [0.3, 0.4) is 0 Å². The molecule has 2 unspecified atom stereocenters. The van der Waals surface area contributed by atoms with Crippen LogP contribution in [0.2, 0.25) is 0 Å². The summed E-state index contributed by atoms with van der Waals surface area (Å²) < 4.78 is 14.3. The summed E-state index contributed by atoms with van der Waals surface area (Å²) in [7, 11) is 0. The molecule has 2 aromatic rings. The van der Waals surface area contributed by atoms with Crippen molar-refractivity contribution in [3.05, 3.63) is 33.7 Å². The number of amides is 1. The Morgan fingerprint density at radius 1 is 1.25 bits per heavy atom. The Bertz CT molecular complexity index is 1110. The van der Waals surface area contributed by atoms with Crippen LogP contribution < -0.4 is 86.3 Å². The van der Waals surface area contributed by atoms with Gasteiger partial charge in [-0.15, -0.1) is 0 Å². The topological polar surface area (TPSA) is 206 Å². The Morgan fingerprint density at radius 3 is 2.64 bits per heavy atom. The van der Waals surface area contributed by atoms with E-state index in [1.165, 1.54) is 6.07 Å². The van der Waals surface area contributed by atoms with Gasteiger partial charge >= 0.3 is 70.7 Å². The van der Waals surface area contributed by atoms with E-state index in [4.69, 9.17) is 15.3 Å². The molecular weight excluding hydrogens is 542 g/mol. The number of carbonyl (C=O) groups excluding carboxylic acids is 1. The molecule has 1 heterocycles. The Morgan fingerprint density at radius 2 is 1.97 bits per heavy atom. The van der Waals surface area contributed by atoms with Gasteiger partial charge in [-0.1, -0.05) is 0 Å². The largest absolute Gasteiger partial charge is 1.00 e. The first-order chi connectivity index (χ1) is 16.3. The van der Waals surface area contributed by atoms with Crippen molar-refractivity contribution >= 4 is 52.6 Å². The molecule has 3 rings (SSSR count). The SMILES string of the molecule is Nc1cc2oc(=O)c3c(c2cc1SOO[O-])C(C(CC(=O)NCCCC(=O)O)SOO[O-])CC3.[Na+].[Na+]. The summed E-state index contributed by atoms with van der Waals surface area (Å²) >= 11 is 1.23. The van der Waals surface area contributed by atoms with E-state index < -0.39 is 22.8 Å². The van der Waals surface area contributed by atoms with Crippen molar-refractivity contribution in [2.75, 3.05) is 12.3 Å². The number of nitrogen functional groups attached to an aromatic ring is 1. The summed E-state index contributed by atoms with van der Waals surface area (Å²) in [5, 5.41) is 38.7. The van der Waals surface area contributed by atoms with E-state index in [0.717, 1.165) is 0 Å². The number of nitrogens with two attached hydrogens (primary N) is 1. The average molecular weight is 562 g/mol. The molecule has 0 saturated carbocycles. The predicted octanol–water partition coefficient (Wildman–Crippen LogP) is -5.74. The molecule has 0 radical (unpaired) electrons. The van der Waals surface area contributed by atoms with Crippen LogP contribution in [0.4, 0.5) is 5.69 Å². The van der Waals surface area contributed by atoms with Gasteiger partial charge in [0, 0.05) is 59.6 Å². The van der Waals surface area contributed by atoms with Gasteiger partial charge in [-0.05, 0) is 30.9 Å². The second-order valence-electron chi connectivity index (χ2n) is 7.35. The van der Waals surface area contributed by atoms with Gasteiger partial charge in [0.2, 0.25) is 5.91 Å². The van der Waals surface area contributed by atoms with Crippen molar-refractivity contribution in [1.29, 1.82) is 0 Å². The minimum atomic E-state index is -0.970. The van der Waals surface area contributed by atoms with Crippen LogP contribution in [-0.4, -0.2) is 28.8 Å². The van der Waals surface area contributed by atoms with E-state index in [9.17, 15) is 24.9 Å². The maximum atomic E-state index is 12.6. The normalized spacial score (nSPS) is 15.0. The first-order valence-electron chi connectivity index (χ1n) is 9.98. The Balaban J connectivity index is 0.00000324. The van der Waals surface area contributed by atoms with Gasteiger partial charge in [0.1, 0.15) is 5.58 Å². The summed E-state index contributed by atoms with van der Waals surface area (Å²) in [6, 6.07) is 2.99. The number of carboxylic acid groups (broad SMARTS) is 1. The van der Waals surface area contributed by atoms with Crippen LogP contribution in [0.25, 0.3) is 11.0 Å². The standard InChI is InChI=1S/C19H22N2O11S2.2Na/c20-12-7-13-11(6-15(12)34-32-30-27)18-9(3-4-10(18)19(25)28-13)14(33-31-29-26)8-16(22)21-5-1-2-17(23)24;;/h6-7,9,14,26-27H,1-5,8,20H2,(H,21,22)(H,23,24);;/q;2*+1/p-2. The zero-order valence-corrected chi connectivity index (χ0v) is 25.1. The fourth-order valence-corrected chi connectivity index (χ4v) is 5.12. The third kappa shape index (κ3) is 8.84. The summed E-state index contributed by atoms with van der Waals surface area (Å²) in [4.78, 5) is 36.0. The molecule has 0 spiro atoms. The van der Waals surface area contributed by atoms with Crippen LogP contribution >= 0.6 is 24.1 Å². The van der Waals surface area contributed by atoms with Gasteiger partial charge in [-0.3, -0.25) is 19.7 Å². The number of carbonyl (C=O) groups is 2. The molecule has 1 aliphatic rings. The zero-order chi connectivity index (χ0) is 24.7. The molecule has 1 aromatic heterocycles. The molecule has 1 aromatic carbocycles. The molecule has 17 heteroatoms. The Hall–Kier alpha value is -0.370. The molecule has 36 heavy (non-hydrogen) atoms. The number of aliphatic carboxylic acids is 1. The van der Waals surface area contributed by atoms with E-state index in [2.05, 4.69) is 24.1 Å². The molecular formula is C19H20N2Na2O11S2.